The van der Waals surface area contributed by atoms with Gasteiger partial charge >= 0.3 is 0 Å². The zero-order valence-electron chi connectivity index (χ0n) is 7.20. The molecule has 3 heteroatoms. The van der Waals surface area contributed by atoms with Crippen molar-refractivity contribution in [3.05, 3.63) is 18.6 Å². The predicted molar refractivity (Wildman–Crippen MR) is 47.8 cm³/mol. The van der Waals surface area contributed by atoms with Crippen molar-refractivity contribution in [3.8, 4) is 0 Å². The number of hydrogen-bond donors (Lipinski definition) is 1. The topological polar surface area (TPSA) is 37.8 Å². The van der Waals surface area contributed by atoms with Crippen LogP contribution >= 0.6 is 0 Å². The predicted octanol–water partition coefficient (Wildman–Crippen LogP) is 1.69. The van der Waals surface area contributed by atoms with Crippen molar-refractivity contribution in [1.29, 1.82) is 0 Å². The summed E-state index contributed by atoms with van der Waals surface area (Å²) in [7, 11) is 0. The highest BCUT2D eigenvalue weighted by Gasteiger charge is 2.24. The van der Waals surface area contributed by atoms with Crippen LogP contribution in [0.25, 0.3) is 0 Å². The average molecular weight is 163 g/mol. The molecule has 1 fully saturated rings. The first-order chi connectivity index (χ1) is 5.84. The molecule has 0 atom stereocenters. The van der Waals surface area contributed by atoms with E-state index in [-0.39, 0.29) is 0 Å². The first-order valence-corrected chi connectivity index (χ1v) is 4.37. The van der Waals surface area contributed by atoms with Gasteiger partial charge in [-0.05, 0) is 24.8 Å². The van der Waals surface area contributed by atoms with Crippen LogP contribution in [0.15, 0.2) is 18.6 Å². The Morgan fingerprint density at radius 3 is 2.92 bits per heavy atom. The fraction of sp³-hybridized carbons (Fsp3) is 0.556. The van der Waals surface area contributed by atoms with Gasteiger partial charge < -0.3 is 5.32 Å². The van der Waals surface area contributed by atoms with Gasteiger partial charge in [-0.25, -0.2) is 9.97 Å². The summed E-state index contributed by atoms with van der Waals surface area (Å²) in [5.41, 5.74) is 0. The molecule has 64 valence electrons. The van der Waals surface area contributed by atoms with Crippen LogP contribution in [0.3, 0.4) is 0 Å². The van der Waals surface area contributed by atoms with Gasteiger partial charge in [0.25, 0.3) is 0 Å². The van der Waals surface area contributed by atoms with Gasteiger partial charge in [0.2, 0.25) is 0 Å². The van der Waals surface area contributed by atoms with Gasteiger partial charge in [0.1, 0.15) is 12.1 Å². The summed E-state index contributed by atoms with van der Waals surface area (Å²) < 4.78 is 0. The van der Waals surface area contributed by atoms with E-state index in [2.05, 4.69) is 22.2 Å². The molecule has 1 aromatic rings. The molecule has 1 aromatic heterocycles. The van der Waals surface area contributed by atoms with E-state index in [1.165, 1.54) is 12.8 Å². The SMILES string of the molecule is CC1CC(Nc2ccncn2)C1. The van der Waals surface area contributed by atoms with Gasteiger partial charge in [0, 0.05) is 12.2 Å². The minimum atomic E-state index is 0.634. The lowest BCUT2D eigenvalue weighted by Gasteiger charge is -2.33. The Bertz CT molecular complexity index is 241. The molecule has 0 unspecified atom stereocenters. The van der Waals surface area contributed by atoms with Crippen LogP contribution in [0.2, 0.25) is 0 Å². The van der Waals surface area contributed by atoms with E-state index >= 15 is 0 Å². The normalized spacial score (nSPS) is 27.8. The second kappa shape index (κ2) is 3.09. The fourth-order valence-corrected chi connectivity index (χ4v) is 1.61. The van der Waals surface area contributed by atoms with Crippen molar-refractivity contribution < 1.29 is 0 Å². The van der Waals surface area contributed by atoms with E-state index in [0.29, 0.717) is 6.04 Å². The highest BCUT2D eigenvalue weighted by molar-refractivity contribution is 5.33. The van der Waals surface area contributed by atoms with Gasteiger partial charge in [0.15, 0.2) is 0 Å². The molecule has 0 saturated heterocycles. The smallest absolute Gasteiger partial charge is 0.129 e. The number of nitrogens with zero attached hydrogens (tertiary/aromatic N) is 2. The maximum atomic E-state index is 4.10. The van der Waals surface area contributed by atoms with E-state index in [4.69, 9.17) is 0 Å². The molecule has 2 rings (SSSR count). The lowest BCUT2D eigenvalue weighted by Crippen LogP contribution is -2.33. The van der Waals surface area contributed by atoms with Crippen molar-refractivity contribution >= 4 is 5.82 Å². The van der Waals surface area contributed by atoms with E-state index in [1.54, 1.807) is 12.5 Å². The number of nitrogens with one attached hydrogen (secondary N) is 1. The molecule has 0 aromatic carbocycles. The summed E-state index contributed by atoms with van der Waals surface area (Å²) in [4.78, 5) is 7.96. The lowest BCUT2D eigenvalue weighted by molar-refractivity contribution is 0.308. The highest BCUT2D eigenvalue weighted by Crippen LogP contribution is 2.28. The van der Waals surface area contributed by atoms with Crippen LogP contribution in [0, 0.1) is 5.92 Å². The minimum absolute atomic E-state index is 0.634. The monoisotopic (exact) mass is 163 g/mol. The molecule has 1 aliphatic rings. The summed E-state index contributed by atoms with van der Waals surface area (Å²) in [6, 6.07) is 2.54. The van der Waals surface area contributed by atoms with Crippen LogP contribution in [0.5, 0.6) is 0 Å². The summed E-state index contributed by atoms with van der Waals surface area (Å²) in [5.74, 6) is 1.83. The van der Waals surface area contributed by atoms with Crippen molar-refractivity contribution in [2.24, 2.45) is 5.92 Å². The minimum Gasteiger partial charge on any atom is -0.367 e. The van der Waals surface area contributed by atoms with Crippen LogP contribution in [-0.4, -0.2) is 16.0 Å². The van der Waals surface area contributed by atoms with Crippen molar-refractivity contribution in [2.75, 3.05) is 5.32 Å². The molecule has 0 amide bonds. The van der Waals surface area contributed by atoms with Crippen LogP contribution in [-0.2, 0) is 0 Å². The van der Waals surface area contributed by atoms with E-state index < -0.39 is 0 Å². The molecule has 12 heavy (non-hydrogen) atoms. The highest BCUT2D eigenvalue weighted by atomic mass is 15.0. The van der Waals surface area contributed by atoms with E-state index in [9.17, 15) is 0 Å². The molecule has 0 bridgehead atoms. The summed E-state index contributed by atoms with van der Waals surface area (Å²) in [6.07, 6.45) is 5.87. The Kier molecular flexibility index (Phi) is 1.94. The second-order valence-electron chi connectivity index (χ2n) is 3.51. The lowest BCUT2D eigenvalue weighted by atomic mass is 9.82. The maximum Gasteiger partial charge on any atom is 0.129 e. The maximum absolute atomic E-state index is 4.10. The van der Waals surface area contributed by atoms with Crippen LogP contribution < -0.4 is 5.32 Å². The molecule has 1 heterocycles. The Balaban J connectivity index is 1.88. The van der Waals surface area contributed by atoms with Crippen LogP contribution in [0.4, 0.5) is 5.82 Å². The molecule has 3 nitrogen and oxygen atoms in total. The summed E-state index contributed by atoms with van der Waals surface area (Å²) >= 11 is 0. The number of rotatable bonds is 2. The molecular weight excluding hydrogens is 150 g/mol. The Morgan fingerprint density at radius 1 is 1.50 bits per heavy atom. The summed E-state index contributed by atoms with van der Waals surface area (Å²) in [5, 5.41) is 3.36. The third-order valence-corrected chi connectivity index (χ3v) is 2.31. The Hall–Kier alpha value is -1.12. The standard InChI is InChI=1S/C9H13N3/c1-7-4-8(5-7)12-9-2-3-10-6-11-9/h2-3,6-8H,4-5H2,1H3,(H,10,11,12). The Labute approximate surface area is 72.2 Å². The average Bonchev–Trinajstić information content (AvgIpc) is 2.04. The van der Waals surface area contributed by atoms with Crippen molar-refractivity contribution in [2.45, 2.75) is 25.8 Å². The third-order valence-electron chi connectivity index (χ3n) is 2.31. The molecular formula is C9H13N3. The van der Waals surface area contributed by atoms with Crippen molar-refractivity contribution in [3.63, 3.8) is 0 Å². The molecule has 1 saturated carbocycles. The Morgan fingerprint density at radius 2 is 2.33 bits per heavy atom. The first-order valence-electron chi connectivity index (χ1n) is 4.37. The third kappa shape index (κ3) is 1.55. The number of anilines is 1. The zero-order chi connectivity index (χ0) is 8.39. The quantitative estimate of drug-likeness (QED) is 0.721. The van der Waals surface area contributed by atoms with Crippen molar-refractivity contribution in [1.82, 2.24) is 9.97 Å². The molecule has 0 radical (unpaired) electrons. The molecule has 0 spiro atoms. The largest absolute Gasteiger partial charge is 0.367 e. The second-order valence-corrected chi connectivity index (χ2v) is 3.51. The molecule has 1 aliphatic carbocycles. The van der Waals surface area contributed by atoms with Gasteiger partial charge in [-0.15, -0.1) is 0 Å². The van der Waals surface area contributed by atoms with Gasteiger partial charge in [-0.3, -0.25) is 0 Å². The zero-order valence-corrected chi connectivity index (χ0v) is 7.20. The summed E-state index contributed by atoms with van der Waals surface area (Å²) in [6.45, 7) is 2.28. The van der Waals surface area contributed by atoms with E-state index in [1.807, 2.05) is 6.07 Å². The van der Waals surface area contributed by atoms with Gasteiger partial charge in [-0.2, -0.15) is 0 Å². The fourth-order valence-electron chi connectivity index (χ4n) is 1.61. The van der Waals surface area contributed by atoms with E-state index in [0.717, 1.165) is 11.7 Å². The molecule has 0 aliphatic heterocycles. The van der Waals surface area contributed by atoms with Crippen LogP contribution in [0.1, 0.15) is 19.8 Å². The van der Waals surface area contributed by atoms with Gasteiger partial charge in [0.05, 0.1) is 0 Å². The molecule has 1 N–H and O–H groups in total. The number of aromatic nitrogens is 2. The van der Waals surface area contributed by atoms with Gasteiger partial charge in [-0.1, -0.05) is 6.92 Å². The first kappa shape index (κ1) is 7.53. The number of hydrogen-bond acceptors (Lipinski definition) is 3.